The molecule has 1 heterocycles. The van der Waals surface area contributed by atoms with Crippen molar-refractivity contribution in [3.05, 3.63) is 90.2 Å². The van der Waals surface area contributed by atoms with Gasteiger partial charge < -0.3 is 15.0 Å². The molecule has 8 heteroatoms. The molecule has 1 N–H and O–H groups in total. The zero-order chi connectivity index (χ0) is 24.1. The Balaban J connectivity index is 1.53. The first-order chi connectivity index (χ1) is 16.5. The minimum absolute atomic E-state index is 0.214. The van der Waals surface area contributed by atoms with Crippen LogP contribution >= 0.6 is 0 Å². The van der Waals surface area contributed by atoms with Gasteiger partial charge in [0.15, 0.2) is 0 Å². The van der Waals surface area contributed by atoms with Crippen molar-refractivity contribution in [1.82, 2.24) is 4.90 Å². The molecule has 1 aliphatic rings. The number of carbonyl (C=O) groups excluding carboxylic acids is 3. The van der Waals surface area contributed by atoms with Crippen LogP contribution in [0.1, 0.15) is 12.0 Å². The third-order valence-electron chi connectivity index (χ3n) is 5.64. The van der Waals surface area contributed by atoms with Crippen LogP contribution in [0.15, 0.2) is 78.9 Å². The zero-order valence-electron chi connectivity index (χ0n) is 18.6. The lowest BCUT2D eigenvalue weighted by Crippen LogP contribution is -2.39. The lowest BCUT2D eigenvalue weighted by atomic mass is 10.1. The lowest BCUT2D eigenvalue weighted by molar-refractivity contribution is -0.124. The molecular weight excluding hydrogens is 437 g/mol. The highest BCUT2D eigenvalue weighted by molar-refractivity contribution is 6.22. The summed E-state index contributed by atoms with van der Waals surface area (Å²) < 4.78 is 18.3. The molecule has 34 heavy (non-hydrogen) atoms. The number of hydrogen-bond donors (Lipinski definition) is 1. The molecule has 0 aliphatic carbocycles. The van der Waals surface area contributed by atoms with Gasteiger partial charge in [-0.05, 0) is 60.5 Å². The normalized spacial score (nSPS) is 15.5. The first-order valence-corrected chi connectivity index (χ1v) is 10.8. The molecule has 1 atom stereocenters. The second-order valence-corrected chi connectivity index (χ2v) is 7.86. The maximum atomic E-state index is 13.3. The first kappa shape index (κ1) is 23.0. The van der Waals surface area contributed by atoms with Crippen LogP contribution in [0.4, 0.5) is 20.6 Å². The largest absolute Gasteiger partial charge is 0.497 e. The number of para-hydroxylation sites is 1. The van der Waals surface area contributed by atoms with E-state index in [9.17, 15) is 18.8 Å². The second kappa shape index (κ2) is 10.2. The van der Waals surface area contributed by atoms with E-state index in [1.165, 1.54) is 29.2 Å². The molecule has 0 unspecified atom stereocenters. The van der Waals surface area contributed by atoms with Crippen molar-refractivity contribution in [3.8, 4) is 5.75 Å². The van der Waals surface area contributed by atoms with Crippen LogP contribution in [0.5, 0.6) is 5.75 Å². The fraction of sp³-hybridized carbons (Fsp3) is 0.192. The molecule has 0 saturated carbocycles. The summed E-state index contributed by atoms with van der Waals surface area (Å²) >= 11 is 0. The van der Waals surface area contributed by atoms with E-state index >= 15 is 0 Å². The smallest absolute Gasteiger partial charge is 0.332 e. The molecular formula is C26H24FN3O4. The van der Waals surface area contributed by atoms with E-state index in [2.05, 4.69) is 5.32 Å². The van der Waals surface area contributed by atoms with E-state index in [4.69, 9.17) is 4.74 Å². The van der Waals surface area contributed by atoms with Crippen LogP contribution in [0.3, 0.4) is 0 Å². The monoisotopic (exact) mass is 461 g/mol. The number of hydrogen-bond acceptors (Lipinski definition) is 4. The van der Waals surface area contributed by atoms with Crippen molar-refractivity contribution in [3.63, 3.8) is 0 Å². The maximum absolute atomic E-state index is 13.3. The van der Waals surface area contributed by atoms with Gasteiger partial charge in [-0.25, -0.2) is 14.1 Å². The minimum Gasteiger partial charge on any atom is -0.497 e. The predicted octanol–water partition coefficient (Wildman–Crippen LogP) is 4.24. The number of nitrogens with one attached hydrogen (secondary N) is 1. The van der Waals surface area contributed by atoms with Crippen LogP contribution in [0, 0.1) is 5.82 Å². The summed E-state index contributed by atoms with van der Waals surface area (Å²) in [6.45, 7) is 0.259. The van der Waals surface area contributed by atoms with Gasteiger partial charge in [0.2, 0.25) is 5.91 Å². The number of amides is 4. The maximum Gasteiger partial charge on any atom is 0.332 e. The average Bonchev–Trinajstić information content (AvgIpc) is 3.08. The quantitative estimate of drug-likeness (QED) is 0.509. The van der Waals surface area contributed by atoms with Gasteiger partial charge in [-0.1, -0.05) is 30.3 Å². The average molecular weight is 461 g/mol. The number of urea groups is 1. The fourth-order valence-corrected chi connectivity index (χ4v) is 3.86. The van der Waals surface area contributed by atoms with Gasteiger partial charge in [-0.15, -0.1) is 0 Å². The summed E-state index contributed by atoms with van der Waals surface area (Å²) in [4.78, 5) is 41.8. The molecule has 1 aliphatic heterocycles. The van der Waals surface area contributed by atoms with Crippen LogP contribution in [0.2, 0.25) is 0 Å². The zero-order valence-corrected chi connectivity index (χ0v) is 18.6. The highest BCUT2D eigenvalue weighted by atomic mass is 19.1. The van der Waals surface area contributed by atoms with E-state index in [1.807, 2.05) is 24.3 Å². The van der Waals surface area contributed by atoms with E-state index in [1.54, 1.807) is 37.4 Å². The van der Waals surface area contributed by atoms with Crippen molar-refractivity contribution in [2.24, 2.45) is 0 Å². The van der Waals surface area contributed by atoms with Gasteiger partial charge in [0, 0.05) is 12.2 Å². The number of nitrogens with zero attached hydrogens (tertiary/aromatic N) is 2. The highest BCUT2D eigenvalue weighted by Crippen LogP contribution is 2.27. The number of rotatable bonds is 8. The Labute approximate surface area is 196 Å². The standard InChI is InChI=1S/C26H24FN3O4/c1-34-22-13-7-18(8-14-22)15-16-29-23(17-24(31)28-20-11-9-19(27)10-12-20)25(32)30(26(29)33)21-5-3-2-4-6-21/h2-14,23H,15-17H2,1H3,(H,28,31)/t23-/m0/s1. The number of ether oxygens (including phenoxy) is 1. The molecule has 4 rings (SSSR count). The molecule has 1 saturated heterocycles. The van der Waals surface area contributed by atoms with Crippen molar-refractivity contribution < 1.29 is 23.5 Å². The van der Waals surface area contributed by atoms with Crippen LogP contribution in [-0.2, 0) is 16.0 Å². The van der Waals surface area contributed by atoms with Crippen LogP contribution in [-0.4, -0.2) is 42.4 Å². The van der Waals surface area contributed by atoms with Crippen molar-refractivity contribution in [2.45, 2.75) is 18.9 Å². The van der Waals surface area contributed by atoms with Gasteiger partial charge in [0.05, 0.1) is 19.2 Å². The van der Waals surface area contributed by atoms with Crippen molar-refractivity contribution in [2.75, 3.05) is 23.9 Å². The van der Waals surface area contributed by atoms with Crippen molar-refractivity contribution >= 4 is 29.2 Å². The summed E-state index contributed by atoms with van der Waals surface area (Å²) in [5, 5.41) is 2.66. The predicted molar refractivity (Wildman–Crippen MR) is 126 cm³/mol. The topological polar surface area (TPSA) is 79.0 Å². The summed E-state index contributed by atoms with van der Waals surface area (Å²) in [5.41, 5.74) is 1.83. The third kappa shape index (κ3) is 5.06. The number of carbonyl (C=O) groups is 3. The molecule has 0 aromatic heterocycles. The Morgan fingerprint density at radius 3 is 2.29 bits per heavy atom. The number of anilines is 2. The molecule has 174 valence electrons. The molecule has 0 bridgehead atoms. The van der Waals surface area contributed by atoms with E-state index in [0.29, 0.717) is 17.8 Å². The first-order valence-electron chi connectivity index (χ1n) is 10.8. The Morgan fingerprint density at radius 2 is 1.65 bits per heavy atom. The third-order valence-corrected chi connectivity index (χ3v) is 5.64. The van der Waals surface area contributed by atoms with Crippen LogP contribution < -0.4 is 15.0 Å². The number of benzene rings is 3. The Hall–Kier alpha value is -4.20. The molecule has 7 nitrogen and oxygen atoms in total. The molecule has 4 amide bonds. The summed E-state index contributed by atoms with van der Waals surface area (Å²) in [6, 6.07) is 20.0. The van der Waals surface area contributed by atoms with Gasteiger partial charge in [-0.2, -0.15) is 0 Å². The Bertz CT molecular complexity index is 1170. The molecule has 3 aromatic rings. The second-order valence-electron chi connectivity index (χ2n) is 7.86. The SMILES string of the molecule is COc1ccc(CCN2C(=O)N(c3ccccc3)C(=O)[C@@H]2CC(=O)Nc2ccc(F)cc2)cc1. The molecule has 3 aromatic carbocycles. The highest BCUT2D eigenvalue weighted by Gasteiger charge is 2.46. The Kier molecular flexibility index (Phi) is 6.87. The van der Waals surface area contributed by atoms with E-state index < -0.39 is 29.7 Å². The van der Waals surface area contributed by atoms with Gasteiger partial charge in [-0.3, -0.25) is 9.59 Å². The van der Waals surface area contributed by atoms with Gasteiger partial charge >= 0.3 is 6.03 Å². The van der Waals surface area contributed by atoms with Gasteiger partial charge in [0.25, 0.3) is 5.91 Å². The number of halogens is 1. The fourth-order valence-electron chi connectivity index (χ4n) is 3.86. The molecule has 0 spiro atoms. The van der Waals surface area contributed by atoms with Crippen LogP contribution in [0.25, 0.3) is 0 Å². The Morgan fingerprint density at radius 1 is 0.971 bits per heavy atom. The van der Waals surface area contributed by atoms with E-state index in [-0.39, 0.29) is 13.0 Å². The number of methoxy groups -OCH3 is 1. The minimum atomic E-state index is -0.952. The lowest BCUT2D eigenvalue weighted by Gasteiger charge is -2.21. The van der Waals surface area contributed by atoms with E-state index in [0.717, 1.165) is 16.2 Å². The number of imide groups is 1. The summed E-state index contributed by atoms with van der Waals surface area (Å²) in [5.74, 6) is -0.596. The summed E-state index contributed by atoms with van der Waals surface area (Å²) in [6.07, 6.45) is 0.287. The summed E-state index contributed by atoms with van der Waals surface area (Å²) in [7, 11) is 1.59. The van der Waals surface area contributed by atoms with Crippen molar-refractivity contribution in [1.29, 1.82) is 0 Å². The molecule has 1 fully saturated rings. The van der Waals surface area contributed by atoms with Gasteiger partial charge in [0.1, 0.15) is 17.6 Å². The molecule has 0 radical (unpaired) electrons.